The van der Waals surface area contributed by atoms with Crippen molar-refractivity contribution in [3.05, 3.63) is 60.1 Å². The summed E-state index contributed by atoms with van der Waals surface area (Å²) in [5, 5.41) is 11.5. The van der Waals surface area contributed by atoms with Crippen molar-refractivity contribution in [3.63, 3.8) is 0 Å². The Bertz CT molecular complexity index is 1330. The molecule has 1 aromatic carbocycles. The molecule has 1 atom stereocenters. The summed E-state index contributed by atoms with van der Waals surface area (Å²) in [6, 6.07) is 5.05. The van der Waals surface area contributed by atoms with E-state index in [1.54, 1.807) is 24.0 Å². The van der Waals surface area contributed by atoms with Crippen LogP contribution in [0.3, 0.4) is 0 Å². The SMILES string of the molecule is CN1CC(C)(S(=O)(=O)c2ccc(-c3c(F)cc(C4=NO[C@@H](Cn5ccnn5)C4)cc3F)cn2)C1. The number of nitrogens with zero attached hydrogens (tertiary/aromatic N) is 6. The number of rotatable bonds is 6. The predicted octanol–water partition coefficient (Wildman–Crippen LogP) is 2.29. The molecule has 2 aliphatic rings. The average Bonchev–Trinajstić information content (AvgIpc) is 3.45. The van der Waals surface area contributed by atoms with Crippen LogP contribution in [-0.2, 0) is 21.2 Å². The van der Waals surface area contributed by atoms with E-state index in [-0.39, 0.29) is 27.8 Å². The van der Waals surface area contributed by atoms with Gasteiger partial charge < -0.3 is 9.74 Å². The molecule has 0 saturated carbocycles. The van der Waals surface area contributed by atoms with Crippen LogP contribution in [-0.4, -0.2) is 70.0 Å². The average molecular weight is 489 g/mol. The van der Waals surface area contributed by atoms with E-state index < -0.39 is 26.2 Å². The highest BCUT2D eigenvalue weighted by atomic mass is 32.2. The molecule has 0 bridgehead atoms. The van der Waals surface area contributed by atoms with E-state index >= 15 is 0 Å². The lowest BCUT2D eigenvalue weighted by Crippen LogP contribution is -2.62. The Hall–Kier alpha value is -3.25. The van der Waals surface area contributed by atoms with Crippen LogP contribution in [0.5, 0.6) is 0 Å². The second-order valence-corrected chi connectivity index (χ2v) is 11.3. The van der Waals surface area contributed by atoms with Gasteiger partial charge in [-0.1, -0.05) is 10.4 Å². The quantitative estimate of drug-likeness (QED) is 0.525. The van der Waals surface area contributed by atoms with Gasteiger partial charge in [0.1, 0.15) is 16.4 Å². The van der Waals surface area contributed by atoms with Crippen molar-refractivity contribution < 1.29 is 22.0 Å². The van der Waals surface area contributed by atoms with Crippen LogP contribution in [0.25, 0.3) is 11.1 Å². The molecule has 0 aliphatic carbocycles. The topological polar surface area (TPSA) is 103 Å². The van der Waals surface area contributed by atoms with Gasteiger partial charge in [0.2, 0.25) is 9.84 Å². The Kier molecular flexibility index (Phi) is 5.44. The first kappa shape index (κ1) is 22.5. The lowest BCUT2D eigenvalue weighted by molar-refractivity contribution is 0.0693. The number of benzene rings is 1. The van der Waals surface area contributed by atoms with Gasteiger partial charge in [-0.2, -0.15) is 0 Å². The van der Waals surface area contributed by atoms with Crippen LogP contribution >= 0.6 is 0 Å². The zero-order valence-corrected chi connectivity index (χ0v) is 19.3. The molecule has 3 aromatic rings. The van der Waals surface area contributed by atoms with Crippen LogP contribution in [0.2, 0.25) is 0 Å². The number of halogens is 2. The van der Waals surface area contributed by atoms with E-state index in [0.717, 1.165) is 0 Å². The largest absolute Gasteiger partial charge is 0.390 e. The lowest BCUT2D eigenvalue weighted by Gasteiger charge is -2.44. The number of likely N-dealkylation sites (tertiary alicyclic amines) is 1. The first-order chi connectivity index (χ1) is 16.2. The number of pyridine rings is 1. The molecule has 9 nitrogen and oxygen atoms in total. The molecule has 0 unspecified atom stereocenters. The van der Waals surface area contributed by atoms with Crippen molar-refractivity contribution >= 4 is 15.5 Å². The minimum absolute atomic E-state index is 0.111. The van der Waals surface area contributed by atoms with Crippen molar-refractivity contribution in [2.45, 2.75) is 35.8 Å². The highest BCUT2D eigenvalue weighted by molar-refractivity contribution is 7.92. The molecule has 34 heavy (non-hydrogen) atoms. The van der Waals surface area contributed by atoms with Crippen molar-refractivity contribution in [1.82, 2.24) is 24.9 Å². The van der Waals surface area contributed by atoms with Gasteiger partial charge in [0, 0.05) is 43.0 Å². The van der Waals surface area contributed by atoms with Crippen LogP contribution < -0.4 is 0 Å². The Labute approximate surface area is 195 Å². The zero-order chi connectivity index (χ0) is 24.1. The molecule has 2 aliphatic heterocycles. The molecule has 1 saturated heterocycles. The molecule has 0 radical (unpaired) electrons. The van der Waals surface area contributed by atoms with Gasteiger partial charge in [0.25, 0.3) is 0 Å². The van der Waals surface area contributed by atoms with Gasteiger partial charge in [-0.3, -0.25) is 0 Å². The molecule has 178 valence electrons. The van der Waals surface area contributed by atoms with Crippen molar-refractivity contribution in [2.24, 2.45) is 5.16 Å². The smallest absolute Gasteiger partial charge is 0.203 e. The van der Waals surface area contributed by atoms with Crippen LogP contribution in [0.15, 0.2) is 53.0 Å². The van der Waals surface area contributed by atoms with E-state index in [1.165, 1.54) is 30.5 Å². The fourth-order valence-corrected chi connectivity index (χ4v) is 6.18. The monoisotopic (exact) mass is 488 g/mol. The van der Waals surface area contributed by atoms with Crippen molar-refractivity contribution in [3.8, 4) is 11.1 Å². The molecule has 2 aromatic heterocycles. The molecule has 1 fully saturated rings. The molecule has 5 rings (SSSR count). The summed E-state index contributed by atoms with van der Waals surface area (Å²) < 4.78 is 56.4. The summed E-state index contributed by atoms with van der Waals surface area (Å²) in [5.74, 6) is -1.61. The first-order valence-electron chi connectivity index (χ1n) is 10.6. The number of hydrogen-bond acceptors (Lipinski definition) is 8. The molecule has 0 spiro atoms. The molecule has 0 N–H and O–H groups in total. The lowest BCUT2D eigenvalue weighted by atomic mass is 9.99. The van der Waals surface area contributed by atoms with E-state index in [0.29, 0.717) is 31.8 Å². The van der Waals surface area contributed by atoms with Gasteiger partial charge >= 0.3 is 0 Å². The Balaban J connectivity index is 1.35. The zero-order valence-electron chi connectivity index (χ0n) is 18.5. The summed E-state index contributed by atoms with van der Waals surface area (Å²) in [6.45, 7) is 2.88. The summed E-state index contributed by atoms with van der Waals surface area (Å²) >= 11 is 0. The number of sulfone groups is 1. The van der Waals surface area contributed by atoms with Crippen molar-refractivity contribution in [2.75, 3.05) is 20.1 Å². The number of aromatic nitrogens is 4. The Morgan fingerprint density at radius 2 is 1.91 bits per heavy atom. The minimum Gasteiger partial charge on any atom is -0.390 e. The van der Waals surface area contributed by atoms with E-state index in [4.69, 9.17) is 4.84 Å². The predicted molar refractivity (Wildman–Crippen MR) is 119 cm³/mol. The van der Waals surface area contributed by atoms with E-state index in [9.17, 15) is 17.2 Å². The van der Waals surface area contributed by atoms with Crippen LogP contribution in [0, 0.1) is 11.6 Å². The molecule has 12 heteroatoms. The third-order valence-corrected chi connectivity index (χ3v) is 8.48. The Morgan fingerprint density at radius 1 is 1.18 bits per heavy atom. The highest BCUT2D eigenvalue weighted by Crippen LogP contribution is 2.34. The number of oxime groups is 1. The normalized spacial score (nSPS) is 20.0. The molecule has 0 amide bonds. The second-order valence-electron chi connectivity index (χ2n) is 8.92. The first-order valence-corrected chi connectivity index (χ1v) is 12.1. The summed E-state index contributed by atoms with van der Waals surface area (Å²) in [6.07, 6.45) is 4.46. The molecule has 4 heterocycles. The molecular formula is C22H22F2N6O3S. The summed E-state index contributed by atoms with van der Waals surface area (Å²) in [4.78, 5) is 11.3. The third-order valence-electron chi connectivity index (χ3n) is 6.13. The third kappa shape index (κ3) is 3.86. The maximum Gasteiger partial charge on any atom is 0.203 e. The van der Waals surface area contributed by atoms with E-state index in [2.05, 4.69) is 20.5 Å². The summed E-state index contributed by atoms with van der Waals surface area (Å²) in [5.41, 5.74) is 0.556. The Morgan fingerprint density at radius 3 is 2.50 bits per heavy atom. The van der Waals surface area contributed by atoms with Gasteiger partial charge in [-0.15, -0.1) is 5.10 Å². The summed E-state index contributed by atoms with van der Waals surface area (Å²) in [7, 11) is -1.84. The maximum absolute atomic E-state index is 15.0. The second kappa shape index (κ2) is 8.20. The van der Waals surface area contributed by atoms with Gasteiger partial charge in [0.05, 0.1) is 24.0 Å². The van der Waals surface area contributed by atoms with E-state index in [1.807, 2.05) is 11.9 Å². The molecular weight excluding hydrogens is 466 g/mol. The van der Waals surface area contributed by atoms with Gasteiger partial charge in [-0.25, -0.2) is 26.9 Å². The van der Waals surface area contributed by atoms with Gasteiger partial charge in [-0.05, 0) is 38.2 Å². The minimum atomic E-state index is -3.68. The van der Waals surface area contributed by atoms with Crippen LogP contribution in [0.1, 0.15) is 18.9 Å². The number of hydrogen-bond donors (Lipinski definition) is 0. The van der Waals surface area contributed by atoms with Crippen LogP contribution in [0.4, 0.5) is 8.78 Å². The highest BCUT2D eigenvalue weighted by Gasteiger charge is 2.49. The van der Waals surface area contributed by atoms with Gasteiger partial charge in [0.15, 0.2) is 11.1 Å². The standard InChI is InChI=1S/C22H22F2N6O3S/c1-22(12-29(2)13-22)34(31,32)20-4-3-14(10-25-20)21-17(23)7-15(8-18(21)24)19-9-16(33-27-19)11-30-6-5-26-28-30/h3-8,10,16H,9,11-13H2,1-2H3/t16-/m1/s1. The maximum atomic E-state index is 15.0. The van der Waals surface area contributed by atoms with Crippen molar-refractivity contribution in [1.29, 1.82) is 0 Å². The fraction of sp³-hybridized carbons (Fsp3) is 0.364. The fourth-order valence-electron chi connectivity index (χ4n) is 4.46.